The number of aryl methyl sites for hydroxylation is 1. The maximum Gasteiger partial charge on any atom is 0.405 e. The average Bonchev–Trinajstić information content (AvgIpc) is 2.86. The SMILES string of the molecule is CCCc1nc(C(=O)OOc2ccccc2)cs1. The molecule has 0 fully saturated rings. The fourth-order valence-corrected chi connectivity index (χ4v) is 2.21. The number of benzene rings is 1. The molecule has 0 aliphatic carbocycles. The molecule has 0 saturated carbocycles. The van der Waals surface area contributed by atoms with Gasteiger partial charge in [-0.3, -0.25) is 4.89 Å². The third kappa shape index (κ3) is 3.30. The summed E-state index contributed by atoms with van der Waals surface area (Å²) < 4.78 is 0. The number of aromatic nitrogens is 1. The van der Waals surface area contributed by atoms with E-state index in [2.05, 4.69) is 11.9 Å². The number of thiazole rings is 1. The van der Waals surface area contributed by atoms with Crippen molar-refractivity contribution in [2.45, 2.75) is 19.8 Å². The number of rotatable bonds is 5. The molecular formula is C13H13NO3S. The molecule has 0 saturated heterocycles. The third-order valence-electron chi connectivity index (χ3n) is 2.18. The van der Waals surface area contributed by atoms with Crippen LogP contribution < -0.4 is 4.89 Å². The standard InChI is InChI=1S/C13H13NO3S/c1-2-6-12-14-11(9-18-12)13(15)17-16-10-7-4-3-5-8-10/h3-5,7-9H,2,6H2,1H3. The van der Waals surface area contributed by atoms with E-state index in [1.165, 1.54) is 11.3 Å². The van der Waals surface area contributed by atoms with Crippen LogP contribution in [0.5, 0.6) is 5.75 Å². The van der Waals surface area contributed by atoms with Crippen molar-refractivity contribution in [3.05, 3.63) is 46.4 Å². The largest absolute Gasteiger partial charge is 0.405 e. The molecule has 2 rings (SSSR count). The molecule has 18 heavy (non-hydrogen) atoms. The fraction of sp³-hybridized carbons (Fsp3) is 0.231. The van der Waals surface area contributed by atoms with Crippen molar-refractivity contribution in [1.29, 1.82) is 0 Å². The van der Waals surface area contributed by atoms with Gasteiger partial charge in [-0.25, -0.2) is 14.7 Å². The molecule has 0 aliphatic rings. The van der Waals surface area contributed by atoms with Gasteiger partial charge < -0.3 is 0 Å². The first-order chi connectivity index (χ1) is 8.79. The van der Waals surface area contributed by atoms with Crippen molar-refractivity contribution >= 4 is 17.3 Å². The molecule has 0 radical (unpaired) electrons. The van der Waals surface area contributed by atoms with Gasteiger partial charge in [-0.1, -0.05) is 25.1 Å². The van der Waals surface area contributed by atoms with Crippen LogP contribution in [0.4, 0.5) is 0 Å². The van der Waals surface area contributed by atoms with Crippen LogP contribution in [0.15, 0.2) is 35.7 Å². The summed E-state index contributed by atoms with van der Waals surface area (Å²) in [5.74, 6) is -0.0904. The first kappa shape index (κ1) is 12.6. The Hall–Kier alpha value is -1.88. The van der Waals surface area contributed by atoms with E-state index in [4.69, 9.17) is 9.78 Å². The molecule has 5 heteroatoms. The van der Waals surface area contributed by atoms with Crippen LogP contribution in [0, 0.1) is 0 Å². The summed E-state index contributed by atoms with van der Waals surface area (Å²) in [7, 11) is 0. The summed E-state index contributed by atoms with van der Waals surface area (Å²) in [6, 6.07) is 8.86. The second-order valence-electron chi connectivity index (χ2n) is 3.64. The normalized spacial score (nSPS) is 10.1. The molecule has 0 amide bonds. The zero-order valence-corrected chi connectivity index (χ0v) is 10.8. The Labute approximate surface area is 109 Å². The van der Waals surface area contributed by atoms with E-state index in [0.29, 0.717) is 11.4 Å². The van der Waals surface area contributed by atoms with Crippen molar-refractivity contribution in [2.24, 2.45) is 0 Å². The highest BCUT2D eigenvalue weighted by atomic mass is 32.1. The Bertz CT molecular complexity index is 510. The van der Waals surface area contributed by atoms with Crippen LogP contribution in [0.1, 0.15) is 28.8 Å². The quantitative estimate of drug-likeness (QED) is 0.613. The molecule has 1 heterocycles. The first-order valence-corrected chi connectivity index (χ1v) is 6.56. The molecule has 0 spiro atoms. The van der Waals surface area contributed by atoms with Gasteiger partial charge in [-0.05, 0) is 25.0 Å². The lowest BCUT2D eigenvalue weighted by Gasteiger charge is -2.01. The number of carbonyl (C=O) groups excluding carboxylic acids is 1. The van der Waals surface area contributed by atoms with Gasteiger partial charge in [-0.2, -0.15) is 0 Å². The van der Waals surface area contributed by atoms with Crippen LogP contribution in [-0.2, 0) is 11.3 Å². The van der Waals surface area contributed by atoms with Crippen molar-refractivity contribution in [1.82, 2.24) is 4.98 Å². The van der Waals surface area contributed by atoms with E-state index < -0.39 is 5.97 Å². The predicted octanol–water partition coefficient (Wildman–Crippen LogP) is 3.25. The first-order valence-electron chi connectivity index (χ1n) is 5.68. The number of para-hydroxylation sites is 1. The summed E-state index contributed by atoms with van der Waals surface area (Å²) in [5.41, 5.74) is 0.291. The lowest BCUT2D eigenvalue weighted by molar-refractivity contribution is -0.149. The van der Waals surface area contributed by atoms with E-state index in [9.17, 15) is 4.79 Å². The summed E-state index contributed by atoms with van der Waals surface area (Å²) in [5, 5.41) is 2.62. The van der Waals surface area contributed by atoms with E-state index >= 15 is 0 Å². The van der Waals surface area contributed by atoms with Gasteiger partial charge in [0.1, 0.15) is 0 Å². The Morgan fingerprint density at radius 1 is 1.33 bits per heavy atom. The average molecular weight is 263 g/mol. The summed E-state index contributed by atoms with van der Waals surface area (Å²) >= 11 is 1.46. The van der Waals surface area contributed by atoms with Gasteiger partial charge in [0, 0.05) is 5.38 Å². The van der Waals surface area contributed by atoms with Crippen LogP contribution in [0.2, 0.25) is 0 Å². The minimum atomic E-state index is -0.572. The lowest BCUT2D eigenvalue weighted by Crippen LogP contribution is -2.08. The Morgan fingerprint density at radius 3 is 2.83 bits per heavy atom. The van der Waals surface area contributed by atoms with E-state index in [1.807, 2.05) is 6.07 Å². The lowest BCUT2D eigenvalue weighted by atomic mass is 10.3. The molecule has 0 bridgehead atoms. The number of hydrogen-bond donors (Lipinski definition) is 0. The second-order valence-corrected chi connectivity index (χ2v) is 4.59. The number of nitrogens with zero attached hydrogens (tertiary/aromatic N) is 1. The predicted molar refractivity (Wildman–Crippen MR) is 68.6 cm³/mol. The molecule has 0 unspecified atom stereocenters. The highest BCUT2D eigenvalue weighted by Gasteiger charge is 2.13. The number of carbonyl (C=O) groups is 1. The number of hydrogen-bond acceptors (Lipinski definition) is 5. The minimum Gasteiger partial charge on any atom is -0.287 e. The van der Waals surface area contributed by atoms with Gasteiger partial charge in [0.05, 0.1) is 5.01 Å². The fourth-order valence-electron chi connectivity index (χ4n) is 1.34. The van der Waals surface area contributed by atoms with Crippen LogP contribution in [0.25, 0.3) is 0 Å². The Morgan fingerprint density at radius 2 is 2.11 bits per heavy atom. The monoisotopic (exact) mass is 263 g/mol. The van der Waals surface area contributed by atoms with Gasteiger partial charge >= 0.3 is 5.97 Å². The highest BCUT2D eigenvalue weighted by Crippen LogP contribution is 2.14. The van der Waals surface area contributed by atoms with Gasteiger partial charge in [0.2, 0.25) is 0 Å². The zero-order chi connectivity index (χ0) is 12.8. The third-order valence-corrected chi connectivity index (χ3v) is 3.09. The van der Waals surface area contributed by atoms with Crippen molar-refractivity contribution in [3.63, 3.8) is 0 Å². The van der Waals surface area contributed by atoms with Gasteiger partial charge in [-0.15, -0.1) is 11.3 Å². The van der Waals surface area contributed by atoms with Gasteiger partial charge in [0.25, 0.3) is 0 Å². The van der Waals surface area contributed by atoms with Gasteiger partial charge in [0.15, 0.2) is 11.4 Å². The molecule has 0 N–H and O–H groups in total. The van der Waals surface area contributed by atoms with Crippen molar-refractivity contribution in [3.8, 4) is 5.75 Å². The molecule has 1 aromatic heterocycles. The van der Waals surface area contributed by atoms with E-state index in [1.54, 1.807) is 29.6 Å². The molecule has 94 valence electrons. The van der Waals surface area contributed by atoms with Crippen molar-refractivity contribution < 1.29 is 14.6 Å². The van der Waals surface area contributed by atoms with Crippen LogP contribution in [0.3, 0.4) is 0 Å². The second kappa shape index (κ2) is 6.16. The van der Waals surface area contributed by atoms with E-state index in [0.717, 1.165) is 17.8 Å². The van der Waals surface area contributed by atoms with Crippen LogP contribution >= 0.6 is 11.3 Å². The molecule has 1 aromatic carbocycles. The highest BCUT2D eigenvalue weighted by molar-refractivity contribution is 7.09. The maximum atomic E-state index is 11.6. The molecule has 0 atom stereocenters. The zero-order valence-electron chi connectivity index (χ0n) is 9.96. The molecule has 4 nitrogen and oxygen atoms in total. The van der Waals surface area contributed by atoms with E-state index in [-0.39, 0.29) is 0 Å². The Kier molecular flexibility index (Phi) is 4.30. The molecule has 2 aromatic rings. The Balaban J connectivity index is 1.91. The smallest absolute Gasteiger partial charge is 0.287 e. The minimum absolute atomic E-state index is 0.291. The summed E-state index contributed by atoms with van der Waals surface area (Å²) in [4.78, 5) is 25.4. The molecular weight excluding hydrogens is 250 g/mol. The van der Waals surface area contributed by atoms with Crippen molar-refractivity contribution in [2.75, 3.05) is 0 Å². The topological polar surface area (TPSA) is 48.4 Å². The summed E-state index contributed by atoms with van der Waals surface area (Å²) in [6.07, 6.45) is 1.88. The molecule has 0 aliphatic heterocycles. The van der Waals surface area contributed by atoms with Crippen LogP contribution in [-0.4, -0.2) is 11.0 Å². The summed E-state index contributed by atoms with van der Waals surface area (Å²) in [6.45, 7) is 2.07. The maximum absolute atomic E-state index is 11.6.